The van der Waals surface area contributed by atoms with Crippen molar-refractivity contribution in [1.82, 2.24) is 20.4 Å². The minimum Gasteiger partial charge on any atom is -0.292 e. The van der Waals surface area contributed by atoms with Crippen molar-refractivity contribution in [2.24, 2.45) is 0 Å². The van der Waals surface area contributed by atoms with Gasteiger partial charge >= 0.3 is 0 Å². The summed E-state index contributed by atoms with van der Waals surface area (Å²) in [5.74, 6) is -0.0800. The highest BCUT2D eigenvalue weighted by molar-refractivity contribution is 9.10. The van der Waals surface area contributed by atoms with Crippen molar-refractivity contribution >= 4 is 21.7 Å². The van der Waals surface area contributed by atoms with Gasteiger partial charge in [0.05, 0.1) is 6.20 Å². The van der Waals surface area contributed by atoms with E-state index in [9.17, 15) is 4.79 Å². The van der Waals surface area contributed by atoms with Crippen molar-refractivity contribution < 1.29 is 4.79 Å². The van der Waals surface area contributed by atoms with Gasteiger partial charge in [0.25, 0.3) is 0 Å². The Hall–Kier alpha value is -1.56. The molecule has 0 saturated carbocycles. The summed E-state index contributed by atoms with van der Waals surface area (Å²) in [6, 6.07) is 1.85. The summed E-state index contributed by atoms with van der Waals surface area (Å²) in [6.07, 6.45) is 5.01. The number of hydrogen-bond acceptors (Lipinski definition) is 4. The van der Waals surface area contributed by atoms with Crippen LogP contribution in [0, 0.1) is 0 Å². The van der Waals surface area contributed by atoms with Crippen molar-refractivity contribution in [3.05, 3.63) is 40.4 Å². The molecule has 0 bridgehead atoms. The topological polar surface area (TPSA) is 71.5 Å². The molecule has 2 aromatic heterocycles. The average Bonchev–Trinajstić information content (AvgIpc) is 2.70. The fourth-order valence-corrected chi connectivity index (χ4v) is 1.58. The molecule has 0 aliphatic carbocycles. The van der Waals surface area contributed by atoms with E-state index in [1.54, 1.807) is 12.4 Å². The normalized spacial score (nSPS) is 10.2. The molecule has 0 unspecified atom stereocenters. The number of aromatic nitrogens is 4. The van der Waals surface area contributed by atoms with Crippen molar-refractivity contribution in [1.29, 1.82) is 0 Å². The zero-order valence-corrected chi connectivity index (χ0v) is 9.23. The van der Waals surface area contributed by atoms with Crippen molar-refractivity contribution in [2.75, 3.05) is 0 Å². The Morgan fingerprint density at radius 2 is 2.27 bits per heavy atom. The molecule has 0 amide bonds. The molecule has 0 aromatic carbocycles. The molecule has 5 nitrogen and oxygen atoms in total. The van der Waals surface area contributed by atoms with Crippen LogP contribution < -0.4 is 0 Å². The predicted molar refractivity (Wildman–Crippen MR) is 56.4 cm³/mol. The van der Waals surface area contributed by atoms with Crippen LogP contribution in [0.25, 0.3) is 0 Å². The summed E-state index contributed by atoms with van der Waals surface area (Å²) < 4.78 is 0.855. The summed E-state index contributed by atoms with van der Waals surface area (Å²) in [7, 11) is 0. The molecule has 2 rings (SSSR count). The summed E-state index contributed by atoms with van der Waals surface area (Å²) in [4.78, 5) is 15.6. The number of Topliss-reactive ketones (excluding diaryl/α,β-unsaturated/α-hetero) is 1. The number of pyridine rings is 1. The van der Waals surface area contributed by atoms with E-state index in [0.717, 1.165) is 10.0 Å². The number of aromatic amines is 1. The zero-order valence-electron chi connectivity index (χ0n) is 7.64. The van der Waals surface area contributed by atoms with E-state index in [0.29, 0.717) is 5.69 Å². The maximum atomic E-state index is 11.6. The first-order chi connectivity index (χ1) is 7.25. The smallest absolute Gasteiger partial charge is 0.189 e. The number of hydrogen-bond donors (Lipinski definition) is 1. The number of ketones is 1. The number of carbonyl (C=O) groups is 1. The van der Waals surface area contributed by atoms with Crippen molar-refractivity contribution in [3.8, 4) is 0 Å². The molecule has 0 fully saturated rings. The molecule has 0 saturated heterocycles. The SMILES string of the molecule is O=C(Cc1cncc(Br)c1)c1cn[nH]n1. The molecule has 2 aromatic rings. The molecule has 0 aliphatic rings. The number of H-pyrrole nitrogens is 1. The Labute approximate surface area is 94.1 Å². The first-order valence-electron chi connectivity index (χ1n) is 4.24. The second-order valence-electron chi connectivity index (χ2n) is 2.97. The first-order valence-corrected chi connectivity index (χ1v) is 5.03. The first kappa shape index (κ1) is 9.97. The number of carbonyl (C=O) groups excluding carboxylic acids is 1. The Morgan fingerprint density at radius 1 is 1.40 bits per heavy atom. The van der Waals surface area contributed by atoms with E-state index >= 15 is 0 Å². The number of halogens is 1. The maximum absolute atomic E-state index is 11.6. The molecule has 2 heterocycles. The Balaban J connectivity index is 2.13. The summed E-state index contributed by atoms with van der Waals surface area (Å²) >= 11 is 3.29. The summed E-state index contributed by atoms with van der Waals surface area (Å²) in [5.41, 5.74) is 1.19. The quantitative estimate of drug-likeness (QED) is 0.853. The van der Waals surface area contributed by atoms with Gasteiger partial charge in [-0.05, 0) is 27.6 Å². The molecule has 0 atom stereocenters. The van der Waals surface area contributed by atoms with Gasteiger partial charge < -0.3 is 0 Å². The van der Waals surface area contributed by atoms with Crippen LogP contribution in [-0.4, -0.2) is 26.2 Å². The predicted octanol–water partition coefficient (Wildman–Crippen LogP) is 1.39. The molecule has 76 valence electrons. The fourth-order valence-electron chi connectivity index (χ4n) is 1.16. The monoisotopic (exact) mass is 266 g/mol. The van der Waals surface area contributed by atoms with Gasteiger partial charge in [-0.25, -0.2) is 0 Å². The highest BCUT2D eigenvalue weighted by Gasteiger charge is 2.09. The minimum atomic E-state index is -0.0800. The molecule has 0 spiro atoms. The van der Waals surface area contributed by atoms with Crippen molar-refractivity contribution in [2.45, 2.75) is 6.42 Å². The second-order valence-corrected chi connectivity index (χ2v) is 3.88. The van der Waals surface area contributed by atoms with Gasteiger partial charge in [-0.3, -0.25) is 9.78 Å². The molecule has 0 radical (unpaired) electrons. The van der Waals surface area contributed by atoms with Gasteiger partial charge in [-0.2, -0.15) is 15.4 Å². The van der Waals surface area contributed by atoms with Crippen LogP contribution in [0.15, 0.2) is 29.1 Å². The van der Waals surface area contributed by atoms with E-state index in [-0.39, 0.29) is 12.2 Å². The van der Waals surface area contributed by atoms with E-state index in [4.69, 9.17) is 0 Å². The minimum absolute atomic E-state index is 0.0800. The van der Waals surface area contributed by atoms with Gasteiger partial charge in [0, 0.05) is 23.3 Å². The lowest BCUT2D eigenvalue weighted by molar-refractivity contribution is 0.0988. The van der Waals surface area contributed by atoms with Gasteiger partial charge in [0.15, 0.2) is 5.78 Å². The van der Waals surface area contributed by atoms with Crippen LogP contribution in [0.3, 0.4) is 0 Å². The van der Waals surface area contributed by atoms with Gasteiger partial charge in [-0.1, -0.05) is 0 Å². The lowest BCUT2D eigenvalue weighted by atomic mass is 10.1. The Kier molecular flexibility index (Phi) is 2.86. The van der Waals surface area contributed by atoms with E-state index in [2.05, 4.69) is 36.3 Å². The Bertz CT molecular complexity index is 469. The van der Waals surface area contributed by atoms with Crippen LogP contribution >= 0.6 is 15.9 Å². The van der Waals surface area contributed by atoms with Crippen molar-refractivity contribution in [3.63, 3.8) is 0 Å². The zero-order chi connectivity index (χ0) is 10.7. The Morgan fingerprint density at radius 3 is 2.93 bits per heavy atom. The molecule has 15 heavy (non-hydrogen) atoms. The van der Waals surface area contributed by atoms with Crippen LogP contribution in [-0.2, 0) is 6.42 Å². The highest BCUT2D eigenvalue weighted by Crippen LogP contribution is 2.11. The molecule has 6 heteroatoms. The maximum Gasteiger partial charge on any atom is 0.189 e. The van der Waals surface area contributed by atoms with E-state index in [1.807, 2.05) is 6.07 Å². The van der Waals surface area contributed by atoms with Crippen LogP contribution in [0.5, 0.6) is 0 Å². The third kappa shape index (κ3) is 2.47. The summed E-state index contributed by atoms with van der Waals surface area (Å²) in [5, 5.41) is 9.70. The number of nitrogens with one attached hydrogen (secondary N) is 1. The number of nitrogens with zero attached hydrogens (tertiary/aromatic N) is 3. The molecular formula is C9H7BrN4O. The highest BCUT2D eigenvalue weighted by atomic mass is 79.9. The molecular weight excluding hydrogens is 260 g/mol. The van der Waals surface area contributed by atoms with Gasteiger partial charge in [0.1, 0.15) is 5.69 Å². The molecule has 1 N–H and O–H groups in total. The number of rotatable bonds is 3. The summed E-state index contributed by atoms with van der Waals surface area (Å²) in [6.45, 7) is 0. The second kappa shape index (κ2) is 4.31. The van der Waals surface area contributed by atoms with Gasteiger partial charge in [-0.15, -0.1) is 0 Å². The van der Waals surface area contributed by atoms with E-state index in [1.165, 1.54) is 6.20 Å². The van der Waals surface area contributed by atoms with Crippen LogP contribution in [0.1, 0.15) is 16.1 Å². The lowest BCUT2D eigenvalue weighted by Gasteiger charge is -1.98. The standard InChI is InChI=1S/C9H7BrN4O/c10-7-1-6(3-11-4-7)2-9(15)8-5-12-14-13-8/h1,3-5H,2H2,(H,12,13,14). The van der Waals surface area contributed by atoms with E-state index < -0.39 is 0 Å². The molecule has 0 aliphatic heterocycles. The third-order valence-corrected chi connectivity index (χ3v) is 2.26. The lowest BCUT2D eigenvalue weighted by Crippen LogP contribution is -2.04. The van der Waals surface area contributed by atoms with Crippen LogP contribution in [0.4, 0.5) is 0 Å². The largest absolute Gasteiger partial charge is 0.292 e. The van der Waals surface area contributed by atoms with Crippen LogP contribution in [0.2, 0.25) is 0 Å². The van der Waals surface area contributed by atoms with Gasteiger partial charge in [0.2, 0.25) is 0 Å². The third-order valence-electron chi connectivity index (χ3n) is 1.83. The average molecular weight is 267 g/mol. The fraction of sp³-hybridized carbons (Fsp3) is 0.111.